The Labute approximate surface area is 129 Å². The van der Waals surface area contributed by atoms with Gasteiger partial charge in [-0.3, -0.25) is 14.9 Å². The predicted molar refractivity (Wildman–Crippen MR) is 84.9 cm³/mol. The molecule has 6 heteroatoms. The highest BCUT2D eigenvalue weighted by molar-refractivity contribution is 14.1. The van der Waals surface area contributed by atoms with E-state index in [0.29, 0.717) is 11.3 Å². The normalized spacial score (nSPS) is 10.1. The van der Waals surface area contributed by atoms with E-state index in [1.54, 1.807) is 12.1 Å². The largest absolute Gasteiger partial charge is 0.322 e. The molecule has 20 heavy (non-hydrogen) atoms. The van der Waals surface area contributed by atoms with Crippen LogP contribution >= 0.6 is 22.6 Å². The number of carbonyl (C=O) groups excluding carboxylic acids is 1. The first-order chi connectivity index (χ1) is 9.47. The number of rotatable bonds is 3. The minimum absolute atomic E-state index is 0.00659. The van der Waals surface area contributed by atoms with Gasteiger partial charge in [0, 0.05) is 27.0 Å². The molecule has 0 bridgehead atoms. The summed E-state index contributed by atoms with van der Waals surface area (Å²) in [5.41, 5.74) is 2.18. The molecule has 1 N–H and O–H groups in total. The van der Waals surface area contributed by atoms with Gasteiger partial charge in [-0.15, -0.1) is 0 Å². The third kappa shape index (κ3) is 3.32. The van der Waals surface area contributed by atoms with Crippen molar-refractivity contribution in [3.63, 3.8) is 0 Å². The highest BCUT2D eigenvalue weighted by Crippen LogP contribution is 2.18. The van der Waals surface area contributed by atoms with Crippen molar-refractivity contribution in [3.8, 4) is 0 Å². The summed E-state index contributed by atoms with van der Waals surface area (Å²) in [6, 6.07) is 11.2. The summed E-state index contributed by atoms with van der Waals surface area (Å²) >= 11 is 2.17. The smallest absolute Gasteiger partial charge is 0.269 e. The van der Waals surface area contributed by atoms with Crippen LogP contribution in [0, 0.1) is 20.6 Å². The van der Waals surface area contributed by atoms with Crippen LogP contribution in [0.2, 0.25) is 0 Å². The minimum atomic E-state index is -0.478. The van der Waals surface area contributed by atoms with Gasteiger partial charge in [0.1, 0.15) is 0 Å². The van der Waals surface area contributed by atoms with E-state index in [2.05, 4.69) is 27.9 Å². The van der Waals surface area contributed by atoms with Crippen LogP contribution in [0.15, 0.2) is 42.5 Å². The van der Waals surface area contributed by atoms with Gasteiger partial charge in [0.05, 0.1) is 4.92 Å². The molecule has 5 nitrogen and oxygen atoms in total. The van der Waals surface area contributed by atoms with Crippen LogP contribution in [-0.4, -0.2) is 10.8 Å². The Kier molecular flexibility index (Phi) is 4.33. The number of nitro groups is 1. The molecular weight excluding hydrogens is 371 g/mol. The van der Waals surface area contributed by atoms with Crippen molar-refractivity contribution in [1.29, 1.82) is 0 Å². The average molecular weight is 382 g/mol. The molecular formula is C14H11IN2O3. The van der Waals surface area contributed by atoms with E-state index >= 15 is 0 Å². The second-order valence-electron chi connectivity index (χ2n) is 4.22. The number of amides is 1. The van der Waals surface area contributed by atoms with Gasteiger partial charge in [-0.25, -0.2) is 0 Å². The average Bonchev–Trinajstić information content (AvgIpc) is 2.42. The first-order valence-electron chi connectivity index (χ1n) is 5.79. The maximum Gasteiger partial charge on any atom is 0.269 e. The molecule has 0 fully saturated rings. The molecule has 0 spiro atoms. The number of hydrogen-bond acceptors (Lipinski definition) is 3. The maximum absolute atomic E-state index is 12.0. The van der Waals surface area contributed by atoms with Crippen molar-refractivity contribution in [1.82, 2.24) is 0 Å². The maximum atomic E-state index is 12.0. The zero-order valence-electron chi connectivity index (χ0n) is 10.6. The highest BCUT2D eigenvalue weighted by atomic mass is 127. The summed E-state index contributed by atoms with van der Waals surface area (Å²) < 4.78 is 1.01. The molecule has 0 aliphatic carbocycles. The van der Waals surface area contributed by atoms with Gasteiger partial charge in [0.15, 0.2) is 0 Å². The quantitative estimate of drug-likeness (QED) is 0.499. The number of non-ortho nitro benzene ring substituents is 1. The number of anilines is 1. The lowest BCUT2D eigenvalue weighted by atomic mass is 10.1. The molecule has 0 saturated carbocycles. The summed E-state index contributed by atoms with van der Waals surface area (Å²) in [7, 11) is 0. The first-order valence-corrected chi connectivity index (χ1v) is 6.87. The summed E-state index contributed by atoms with van der Waals surface area (Å²) in [5, 5.41) is 13.2. The molecule has 0 aliphatic heterocycles. The molecule has 102 valence electrons. The number of halogens is 1. The van der Waals surface area contributed by atoms with Crippen molar-refractivity contribution in [2.75, 3.05) is 5.32 Å². The van der Waals surface area contributed by atoms with Crippen LogP contribution in [-0.2, 0) is 0 Å². The number of nitrogens with zero attached hydrogens (tertiary/aromatic N) is 1. The van der Waals surface area contributed by atoms with E-state index in [-0.39, 0.29) is 11.6 Å². The van der Waals surface area contributed by atoms with E-state index in [1.807, 2.05) is 13.0 Å². The number of benzene rings is 2. The fourth-order valence-electron chi connectivity index (χ4n) is 1.60. The topological polar surface area (TPSA) is 72.2 Å². The van der Waals surface area contributed by atoms with Crippen molar-refractivity contribution < 1.29 is 9.72 Å². The number of nitrogens with one attached hydrogen (secondary N) is 1. The molecule has 1 amide bonds. The lowest BCUT2D eigenvalue weighted by molar-refractivity contribution is -0.384. The number of nitro benzene ring substituents is 1. The van der Waals surface area contributed by atoms with Gasteiger partial charge in [-0.2, -0.15) is 0 Å². The summed E-state index contributed by atoms with van der Waals surface area (Å²) in [4.78, 5) is 22.1. The standard InChI is InChI=1S/C14H11IN2O3/c1-9-2-3-10(8-13(9)15)14(18)16-11-4-6-12(7-5-11)17(19)20/h2-8H,1H3,(H,16,18). The van der Waals surface area contributed by atoms with Crippen LogP contribution in [0.3, 0.4) is 0 Å². The van der Waals surface area contributed by atoms with Gasteiger partial charge in [0.25, 0.3) is 11.6 Å². The molecule has 0 saturated heterocycles. The molecule has 0 heterocycles. The lowest BCUT2D eigenvalue weighted by Crippen LogP contribution is -2.12. The number of aryl methyl sites for hydroxylation is 1. The number of hydrogen-bond donors (Lipinski definition) is 1. The fourth-order valence-corrected chi connectivity index (χ4v) is 2.12. The molecule has 2 rings (SSSR count). The SMILES string of the molecule is Cc1ccc(C(=O)Nc2ccc([N+](=O)[O-])cc2)cc1I. The Hall–Kier alpha value is -1.96. The second kappa shape index (κ2) is 6.00. The molecule has 2 aromatic carbocycles. The Bertz CT molecular complexity index is 669. The Morgan fingerprint density at radius 1 is 1.20 bits per heavy atom. The molecule has 0 unspecified atom stereocenters. The van der Waals surface area contributed by atoms with Crippen LogP contribution in [0.25, 0.3) is 0 Å². The Morgan fingerprint density at radius 2 is 1.85 bits per heavy atom. The number of carbonyl (C=O) groups is 1. The summed E-state index contributed by atoms with van der Waals surface area (Å²) in [6.07, 6.45) is 0. The van der Waals surface area contributed by atoms with Crippen LogP contribution < -0.4 is 5.32 Å². The van der Waals surface area contributed by atoms with Gasteiger partial charge >= 0.3 is 0 Å². The van der Waals surface area contributed by atoms with E-state index in [1.165, 1.54) is 24.3 Å². The van der Waals surface area contributed by atoms with Crippen molar-refractivity contribution >= 4 is 39.9 Å². The summed E-state index contributed by atoms with van der Waals surface area (Å²) in [5.74, 6) is -0.239. The Morgan fingerprint density at radius 3 is 2.40 bits per heavy atom. The monoisotopic (exact) mass is 382 g/mol. The lowest BCUT2D eigenvalue weighted by Gasteiger charge is -2.06. The van der Waals surface area contributed by atoms with Crippen molar-refractivity contribution in [2.24, 2.45) is 0 Å². The van der Waals surface area contributed by atoms with Crippen LogP contribution in [0.5, 0.6) is 0 Å². The molecule has 2 aromatic rings. The van der Waals surface area contributed by atoms with E-state index in [0.717, 1.165) is 9.13 Å². The fraction of sp³-hybridized carbons (Fsp3) is 0.0714. The zero-order valence-corrected chi connectivity index (χ0v) is 12.7. The zero-order chi connectivity index (χ0) is 14.7. The van der Waals surface area contributed by atoms with Crippen LogP contribution in [0.4, 0.5) is 11.4 Å². The predicted octanol–water partition coefficient (Wildman–Crippen LogP) is 3.76. The van der Waals surface area contributed by atoms with Crippen LogP contribution in [0.1, 0.15) is 15.9 Å². The van der Waals surface area contributed by atoms with Gasteiger partial charge in [0.2, 0.25) is 0 Å². The Balaban J connectivity index is 2.14. The van der Waals surface area contributed by atoms with Gasteiger partial charge < -0.3 is 5.32 Å². The molecule has 0 aliphatic rings. The third-order valence-corrected chi connectivity index (χ3v) is 3.93. The van der Waals surface area contributed by atoms with Crippen molar-refractivity contribution in [2.45, 2.75) is 6.92 Å². The molecule has 0 atom stereocenters. The highest BCUT2D eigenvalue weighted by Gasteiger charge is 2.09. The van der Waals surface area contributed by atoms with Gasteiger partial charge in [-0.05, 0) is 59.3 Å². The van der Waals surface area contributed by atoms with E-state index in [4.69, 9.17) is 0 Å². The second-order valence-corrected chi connectivity index (χ2v) is 5.38. The summed E-state index contributed by atoms with van der Waals surface area (Å²) in [6.45, 7) is 1.97. The van der Waals surface area contributed by atoms with E-state index in [9.17, 15) is 14.9 Å². The third-order valence-electron chi connectivity index (χ3n) is 2.77. The molecule has 0 aromatic heterocycles. The minimum Gasteiger partial charge on any atom is -0.322 e. The van der Waals surface area contributed by atoms with E-state index < -0.39 is 4.92 Å². The molecule has 0 radical (unpaired) electrons. The van der Waals surface area contributed by atoms with Crippen molar-refractivity contribution in [3.05, 3.63) is 67.3 Å². The first kappa shape index (κ1) is 14.4. The van der Waals surface area contributed by atoms with Gasteiger partial charge in [-0.1, -0.05) is 6.07 Å².